The van der Waals surface area contributed by atoms with Gasteiger partial charge in [-0.25, -0.2) is 8.42 Å². The van der Waals surface area contributed by atoms with Crippen molar-refractivity contribution >= 4 is 21.2 Å². The molecule has 1 heterocycles. The Balaban J connectivity index is 2.44. The van der Waals surface area contributed by atoms with Gasteiger partial charge >= 0.3 is 0 Å². The average molecular weight is 281 g/mol. The molecule has 2 aromatic rings. The minimum Gasteiger partial charge on any atom is -0.329 e. The lowest BCUT2D eigenvalue weighted by Gasteiger charge is -2.14. The van der Waals surface area contributed by atoms with Crippen LogP contribution in [0.5, 0.6) is 0 Å². The van der Waals surface area contributed by atoms with Crippen LogP contribution in [-0.4, -0.2) is 15.0 Å². The van der Waals surface area contributed by atoms with Crippen LogP contribution in [0.4, 0.5) is 0 Å². The first kappa shape index (κ1) is 13.3. The van der Waals surface area contributed by atoms with Gasteiger partial charge in [-0.15, -0.1) is 11.3 Å². The van der Waals surface area contributed by atoms with Crippen molar-refractivity contribution in [3.63, 3.8) is 0 Å². The lowest BCUT2D eigenvalue weighted by molar-refractivity contribution is 0.583. The Bertz CT molecular complexity index is 601. The molecule has 1 aromatic carbocycles. The Hall–Kier alpha value is -1.17. The van der Waals surface area contributed by atoms with E-state index < -0.39 is 15.1 Å². The predicted molar refractivity (Wildman–Crippen MR) is 74.5 cm³/mol. The monoisotopic (exact) mass is 281 g/mol. The third kappa shape index (κ3) is 2.48. The van der Waals surface area contributed by atoms with E-state index in [1.807, 2.05) is 24.4 Å². The minimum absolute atomic E-state index is 0.0940. The van der Waals surface area contributed by atoms with Crippen LogP contribution in [0.1, 0.15) is 15.7 Å². The Morgan fingerprint density at radius 3 is 2.39 bits per heavy atom. The summed E-state index contributed by atoms with van der Waals surface area (Å²) in [5.41, 5.74) is 6.68. The standard InChI is InChI=1S/C13H15NO2S2/c1-10-4-6-11(7-5-10)18(15,16)13(9-14)12-3-2-8-17-12/h2-8,13H,9,14H2,1H3/t13-/m1/s1. The molecule has 0 bridgehead atoms. The van der Waals surface area contributed by atoms with Gasteiger partial charge in [0.2, 0.25) is 0 Å². The van der Waals surface area contributed by atoms with Crippen LogP contribution in [-0.2, 0) is 9.84 Å². The summed E-state index contributed by atoms with van der Waals surface area (Å²) >= 11 is 1.42. The zero-order valence-electron chi connectivity index (χ0n) is 10.0. The van der Waals surface area contributed by atoms with Crippen molar-refractivity contribution < 1.29 is 8.42 Å². The third-order valence-electron chi connectivity index (χ3n) is 2.80. The molecule has 0 amide bonds. The second-order valence-electron chi connectivity index (χ2n) is 4.10. The van der Waals surface area contributed by atoms with E-state index >= 15 is 0 Å². The Morgan fingerprint density at radius 2 is 1.89 bits per heavy atom. The third-order valence-corrected chi connectivity index (χ3v) is 6.06. The summed E-state index contributed by atoms with van der Waals surface area (Å²) in [6.45, 7) is 2.02. The summed E-state index contributed by atoms with van der Waals surface area (Å²) in [6.07, 6.45) is 0. The van der Waals surface area contributed by atoms with E-state index in [9.17, 15) is 8.42 Å². The summed E-state index contributed by atoms with van der Waals surface area (Å²) in [5, 5.41) is 1.21. The molecule has 0 spiro atoms. The van der Waals surface area contributed by atoms with Gasteiger partial charge < -0.3 is 5.73 Å². The first-order chi connectivity index (χ1) is 8.55. The maximum Gasteiger partial charge on any atom is 0.187 e. The molecule has 0 aliphatic carbocycles. The van der Waals surface area contributed by atoms with Crippen LogP contribution in [0.25, 0.3) is 0 Å². The van der Waals surface area contributed by atoms with Crippen molar-refractivity contribution in [1.82, 2.24) is 0 Å². The summed E-state index contributed by atoms with van der Waals surface area (Å²) in [7, 11) is -3.41. The highest BCUT2D eigenvalue weighted by atomic mass is 32.2. The fourth-order valence-corrected chi connectivity index (χ4v) is 4.51. The molecule has 0 aliphatic rings. The zero-order chi connectivity index (χ0) is 13.2. The van der Waals surface area contributed by atoms with Crippen molar-refractivity contribution in [3.05, 3.63) is 52.2 Å². The van der Waals surface area contributed by atoms with Crippen LogP contribution in [0.2, 0.25) is 0 Å². The van der Waals surface area contributed by atoms with Crippen molar-refractivity contribution in [2.75, 3.05) is 6.54 Å². The SMILES string of the molecule is Cc1ccc(S(=O)(=O)[C@H](CN)c2cccs2)cc1. The topological polar surface area (TPSA) is 60.2 Å². The molecule has 0 aliphatic heterocycles. The van der Waals surface area contributed by atoms with E-state index in [-0.39, 0.29) is 6.54 Å². The second-order valence-corrected chi connectivity index (χ2v) is 7.21. The summed E-state index contributed by atoms with van der Waals surface area (Å²) in [4.78, 5) is 1.12. The number of thiophene rings is 1. The van der Waals surface area contributed by atoms with Gasteiger partial charge in [0.05, 0.1) is 4.90 Å². The number of hydrogen-bond acceptors (Lipinski definition) is 4. The van der Waals surface area contributed by atoms with Crippen LogP contribution in [0, 0.1) is 6.92 Å². The molecular weight excluding hydrogens is 266 g/mol. The summed E-state index contributed by atoms with van der Waals surface area (Å²) in [5.74, 6) is 0. The normalized spacial score (nSPS) is 13.4. The Morgan fingerprint density at radius 1 is 1.22 bits per heavy atom. The van der Waals surface area contributed by atoms with Gasteiger partial charge in [0.25, 0.3) is 0 Å². The molecular formula is C13H15NO2S2. The number of hydrogen-bond donors (Lipinski definition) is 1. The van der Waals surface area contributed by atoms with Gasteiger partial charge in [-0.2, -0.15) is 0 Å². The maximum atomic E-state index is 12.5. The van der Waals surface area contributed by atoms with Crippen molar-refractivity contribution in [3.8, 4) is 0 Å². The fourth-order valence-electron chi connectivity index (χ4n) is 1.76. The van der Waals surface area contributed by atoms with Crippen LogP contribution in [0.15, 0.2) is 46.7 Å². The van der Waals surface area contributed by atoms with E-state index in [0.717, 1.165) is 10.4 Å². The Labute approximate surface area is 111 Å². The molecule has 2 N–H and O–H groups in total. The number of aryl methyl sites for hydroxylation is 1. The van der Waals surface area contributed by atoms with Crippen LogP contribution in [0.3, 0.4) is 0 Å². The van der Waals surface area contributed by atoms with Crippen molar-refractivity contribution in [2.24, 2.45) is 5.73 Å². The second kappa shape index (κ2) is 5.22. The lowest BCUT2D eigenvalue weighted by atomic mass is 10.2. The van der Waals surface area contributed by atoms with Crippen molar-refractivity contribution in [1.29, 1.82) is 0 Å². The van der Waals surface area contributed by atoms with Gasteiger partial charge in [0.15, 0.2) is 9.84 Å². The van der Waals surface area contributed by atoms with Crippen LogP contribution < -0.4 is 5.73 Å². The van der Waals surface area contributed by atoms with E-state index in [2.05, 4.69) is 0 Å². The van der Waals surface area contributed by atoms with E-state index in [0.29, 0.717) is 4.90 Å². The number of rotatable bonds is 4. The molecule has 18 heavy (non-hydrogen) atoms. The van der Waals surface area contributed by atoms with E-state index in [1.54, 1.807) is 24.3 Å². The average Bonchev–Trinajstić information content (AvgIpc) is 2.84. The largest absolute Gasteiger partial charge is 0.329 e. The van der Waals surface area contributed by atoms with Gasteiger partial charge in [-0.1, -0.05) is 23.8 Å². The van der Waals surface area contributed by atoms with E-state index in [1.165, 1.54) is 11.3 Å². The molecule has 2 rings (SSSR count). The number of nitrogens with two attached hydrogens (primary N) is 1. The smallest absolute Gasteiger partial charge is 0.187 e. The molecule has 1 aromatic heterocycles. The fraction of sp³-hybridized carbons (Fsp3) is 0.231. The molecule has 0 saturated carbocycles. The molecule has 0 unspecified atom stereocenters. The molecule has 5 heteroatoms. The maximum absolute atomic E-state index is 12.5. The molecule has 0 saturated heterocycles. The quantitative estimate of drug-likeness (QED) is 0.936. The molecule has 1 atom stereocenters. The van der Waals surface area contributed by atoms with Gasteiger partial charge in [0, 0.05) is 11.4 Å². The first-order valence-corrected chi connectivity index (χ1v) is 8.02. The van der Waals surface area contributed by atoms with Gasteiger partial charge in [-0.05, 0) is 30.5 Å². The minimum atomic E-state index is -3.41. The highest BCUT2D eigenvalue weighted by molar-refractivity contribution is 7.91. The lowest BCUT2D eigenvalue weighted by Crippen LogP contribution is -2.21. The predicted octanol–water partition coefficient (Wildman–Crippen LogP) is 2.53. The summed E-state index contributed by atoms with van der Waals surface area (Å²) < 4.78 is 25.0. The number of sulfone groups is 1. The summed E-state index contributed by atoms with van der Waals surface area (Å²) in [6, 6.07) is 10.5. The molecule has 96 valence electrons. The molecule has 3 nitrogen and oxygen atoms in total. The highest BCUT2D eigenvalue weighted by Gasteiger charge is 2.28. The first-order valence-electron chi connectivity index (χ1n) is 5.59. The van der Waals surface area contributed by atoms with E-state index in [4.69, 9.17) is 5.73 Å². The van der Waals surface area contributed by atoms with Crippen molar-refractivity contribution in [2.45, 2.75) is 17.1 Å². The molecule has 0 radical (unpaired) electrons. The van der Waals surface area contributed by atoms with Gasteiger partial charge in [0.1, 0.15) is 5.25 Å². The zero-order valence-corrected chi connectivity index (χ0v) is 11.7. The van der Waals surface area contributed by atoms with Gasteiger partial charge in [-0.3, -0.25) is 0 Å². The highest BCUT2D eigenvalue weighted by Crippen LogP contribution is 2.30. The number of benzene rings is 1. The van der Waals surface area contributed by atoms with Crippen LogP contribution >= 0.6 is 11.3 Å². The Kier molecular flexibility index (Phi) is 3.85. The molecule has 0 fully saturated rings.